The number of aromatic amines is 1. The van der Waals surface area contributed by atoms with Crippen LogP contribution in [0.3, 0.4) is 0 Å². The third-order valence-electron chi connectivity index (χ3n) is 1.47. The summed E-state index contributed by atoms with van der Waals surface area (Å²) in [6.45, 7) is 0. The molecule has 1 aromatic heterocycles. The van der Waals surface area contributed by atoms with E-state index >= 15 is 0 Å². The Kier molecular flexibility index (Phi) is 2.78. The molecule has 0 bridgehead atoms. The number of H-pyrrole nitrogens is 1. The number of carboxylic acid groups (broad SMARTS) is 1. The highest BCUT2D eigenvalue weighted by atomic mass is 16.4. The number of carbonyl (C=O) groups is 1. The third-order valence-corrected chi connectivity index (χ3v) is 1.47. The number of hydrazine groups is 1. The number of imidazole rings is 1. The molecule has 6 nitrogen and oxygen atoms in total. The van der Waals surface area contributed by atoms with Crippen LogP contribution in [0.1, 0.15) is 5.69 Å². The normalized spacial score (nSPS) is 12.8. The second-order valence-electron chi connectivity index (χ2n) is 2.32. The van der Waals surface area contributed by atoms with Crippen molar-refractivity contribution in [3.63, 3.8) is 0 Å². The van der Waals surface area contributed by atoms with Gasteiger partial charge in [0.15, 0.2) is 0 Å². The van der Waals surface area contributed by atoms with Crippen LogP contribution < -0.4 is 11.3 Å². The topological polar surface area (TPSA) is 104 Å². The Morgan fingerprint density at radius 2 is 2.67 bits per heavy atom. The number of aliphatic carboxylic acids is 1. The van der Waals surface area contributed by atoms with Crippen molar-refractivity contribution >= 4 is 5.97 Å². The zero-order chi connectivity index (χ0) is 8.97. The maximum atomic E-state index is 10.5. The van der Waals surface area contributed by atoms with E-state index in [1.165, 1.54) is 6.33 Å². The monoisotopic (exact) mass is 171 g/mol. The first kappa shape index (κ1) is 8.69. The van der Waals surface area contributed by atoms with E-state index in [0.717, 1.165) is 0 Å². The smallest absolute Gasteiger partial charge is 0.322 e. The van der Waals surface area contributed by atoms with Gasteiger partial charge in [0.05, 0.1) is 12.0 Å². The van der Waals surface area contributed by atoms with Gasteiger partial charge >= 0.3 is 5.97 Å². The van der Waals surface area contributed by atoms with Crippen molar-refractivity contribution in [2.24, 2.45) is 5.84 Å². The molecule has 6 heteroatoms. The quantitative estimate of drug-likeness (QED) is 0.260. The first-order valence-corrected chi connectivity index (χ1v) is 3.40. The van der Waals surface area contributed by atoms with E-state index in [0.29, 0.717) is 5.69 Å². The lowest BCUT2D eigenvalue weighted by Crippen LogP contribution is -2.42. The van der Waals surface area contributed by atoms with Crippen LogP contribution >= 0.6 is 0 Å². The van der Waals surface area contributed by atoms with Gasteiger partial charge in [0, 0.05) is 12.6 Å². The van der Waals surface area contributed by atoms with E-state index in [-0.39, 0.29) is 6.42 Å². The molecule has 0 aliphatic rings. The zero-order valence-electron chi connectivity index (χ0n) is 6.32. The average Bonchev–Trinajstić information content (AvgIpc) is 2.51. The van der Waals surface area contributed by atoms with Gasteiger partial charge in [-0.05, 0) is 0 Å². The van der Waals surface area contributed by atoms with Crippen molar-refractivity contribution in [2.75, 3.05) is 0 Å². The van der Waals surface area contributed by atoms with Crippen molar-refractivity contribution in [3.8, 4) is 0 Å². The number of rotatable bonds is 4. The molecule has 0 fully saturated rings. The largest absolute Gasteiger partial charge is 0.480 e. The van der Waals surface area contributed by atoms with Gasteiger partial charge in [-0.1, -0.05) is 0 Å². The van der Waals surface area contributed by atoms with Gasteiger partial charge in [-0.15, -0.1) is 0 Å². The minimum atomic E-state index is -0.986. The van der Waals surface area contributed by atoms with Crippen molar-refractivity contribution < 1.29 is 9.90 Å². The molecule has 0 amide bonds. The van der Waals surface area contributed by atoms with Gasteiger partial charge in [0.1, 0.15) is 6.04 Å². The van der Waals surface area contributed by atoms with Gasteiger partial charge in [-0.25, -0.2) is 10.4 Å². The van der Waals surface area contributed by atoms with E-state index in [9.17, 15) is 4.79 Å². The second kappa shape index (κ2) is 3.84. The molecule has 0 aliphatic heterocycles. The summed E-state index contributed by atoms with van der Waals surface area (Å²) in [6.07, 6.45) is 3.40. The molecule has 0 radical (unpaired) electrons. The van der Waals surface area contributed by atoms with Gasteiger partial charge < -0.3 is 10.1 Å². The summed E-state index contributed by atoms with van der Waals surface area (Å²) in [6, 6.07) is -0.784. The van der Waals surface area contributed by atoms with Crippen LogP contribution in [0.2, 0.25) is 0 Å². The molecule has 1 heterocycles. The highest BCUT2D eigenvalue weighted by molar-refractivity contribution is 5.73. The molecule has 0 aromatic carbocycles. The molecule has 0 unspecified atom stereocenters. The molecule has 66 valence electrons. The predicted octanol–water partition coefficient (Wildman–Crippen LogP) is -1.13. The number of carboxylic acids is 1. The summed E-state index contributed by atoms with van der Waals surface area (Å²) in [5, 5.41) is 8.59. The predicted molar refractivity (Wildman–Crippen MR) is 41.0 cm³/mol. The fourth-order valence-corrected chi connectivity index (χ4v) is 0.829. The van der Waals surface area contributed by atoms with Crippen molar-refractivity contribution in [2.45, 2.75) is 12.5 Å². The Morgan fingerprint density at radius 3 is 3.08 bits per heavy atom. The number of hydrogen-bond acceptors (Lipinski definition) is 4. The van der Waals surface area contributed by atoms with Crippen LogP contribution in [0, 0.1) is 0 Å². The molecule has 0 saturated carbocycles. The number of aromatic nitrogens is 2. The van der Waals surface area contributed by atoms with Crippen LogP contribution in [0.5, 0.6) is 0 Å². The lowest BCUT2D eigenvalue weighted by Gasteiger charge is -2.07. The van der Waals surface area contributed by atoms with Gasteiger partial charge in [0.25, 0.3) is 0 Å². The molecule has 1 atom stereocenters. The Hall–Kier alpha value is -1.40. The SMILES string of the molecule is [15NH2]N[C@@H](Cc1c[nH]cn1)C(=O)O. The molecule has 0 spiro atoms. The van der Waals surface area contributed by atoms with Crippen molar-refractivity contribution in [3.05, 3.63) is 18.2 Å². The summed E-state index contributed by atoms with van der Waals surface area (Å²) in [4.78, 5) is 17.1. The highest BCUT2D eigenvalue weighted by Gasteiger charge is 2.16. The minimum Gasteiger partial charge on any atom is -0.480 e. The summed E-state index contributed by atoms with van der Waals surface area (Å²) in [5.41, 5.74) is 2.85. The number of nitrogens with zero attached hydrogens (tertiary/aromatic N) is 1. The van der Waals surface area contributed by atoms with E-state index in [4.69, 9.17) is 10.9 Å². The molecule has 1 rings (SSSR count). The Morgan fingerprint density at radius 1 is 1.92 bits per heavy atom. The lowest BCUT2D eigenvalue weighted by molar-refractivity contribution is -0.139. The van der Waals surface area contributed by atoms with Crippen LogP contribution in [0.25, 0.3) is 0 Å². The average molecular weight is 171 g/mol. The zero-order valence-corrected chi connectivity index (χ0v) is 6.32. The van der Waals surface area contributed by atoms with E-state index in [2.05, 4.69) is 15.4 Å². The molecule has 1 aromatic rings. The molecular weight excluding hydrogens is 161 g/mol. The lowest BCUT2D eigenvalue weighted by atomic mass is 10.2. The fraction of sp³-hybridized carbons (Fsp3) is 0.333. The number of hydrogen-bond donors (Lipinski definition) is 4. The van der Waals surface area contributed by atoms with E-state index in [1.807, 2.05) is 0 Å². The summed E-state index contributed by atoms with van der Waals surface area (Å²) >= 11 is 0. The standard InChI is InChI=1S/C6H10N4O2/c7-10-5(6(11)12)1-4-2-8-3-9-4/h2-3,5,10H,1,7H2,(H,8,9)(H,11,12)/t5-/m0/s1/i7+1. The van der Waals surface area contributed by atoms with Crippen LogP contribution in [-0.4, -0.2) is 27.1 Å². The number of nitrogens with two attached hydrogens (primary N) is 1. The number of nitrogens with one attached hydrogen (secondary N) is 2. The summed E-state index contributed by atoms with van der Waals surface area (Å²) in [7, 11) is 0. The highest BCUT2D eigenvalue weighted by Crippen LogP contribution is 1.96. The van der Waals surface area contributed by atoms with Gasteiger partial charge in [-0.3, -0.25) is 10.6 Å². The molecule has 5 N–H and O–H groups in total. The first-order chi connectivity index (χ1) is 5.74. The van der Waals surface area contributed by atoms with Crippen LogP contribution in [0.4, 0.5) is 0 Å². The molecular formula is C6H10N4O2. The van der Waals surface area contributed by atoms with Crippen molar-refractivity contribution in [1.29, 1.82) is 0 Å². The maximum Gasteiger partial charge on any atom is 0.322 e. The third kappa shape index (κ3) is 2.04. The summed E-state index contributed by atoms with van der Waals surface area (Å²) < 4.78 is 0. The first-order valence-electron chi connectivity index (χ1n) is 3.40. The van der Waals surface area contributed by atoms with E-state index < -0.39 is 12.0 Å². The van der Waals surface area contributed by atoms with Gasteiger partial charge in [-0.2, -0.15) is 0 Å². The molecule has 0 aliphatic carbocycles. The summed E-state index contributed by atoms with van der Waals surface area (Å²) in [5.74, 6) is 4.04. The van der Waals surface area contributed by atoms with Crippen LogP contribution in [-0.2, 0) is 11.2 Å². The Bertz CT molecular complexity index is 246. The second-order valence-corrected chi connectivity index (χ2v) is 2.32. The van der Waals surface area contributed by atoms with Crippen molar-refractivity contribution in [1.82, 2.24) is 15.4 Å². The van der Waals surface area contributed by atoms with Gasteiger partial charge in [0.2, 0.25) is 0 Å². The Balaban J connectivity index is 2.54. The van der Waals surface area contributed by atoms with Crippen LogP contribution in [0.15, 0.2) is 12.5 Å². The minimum absolute atomic E-state index is 0.273. The Labute approximate surface area is 68.8 Å². The van der Waals surface area contributed by atoms with E-state index in [1.54, 1.807) is 6.20 Å². The maximum absolute atomic E-state index is 10.5. The fourth-order valence-electron chi connectivity index (χ4n) is 0.829. The molecule has 12 heavy (non-hydrogen) atoms. The molecule has 0 saturated heterocycles.